The van der Waals surface area contributed by atoms with Crippen LogP contribution in [0.4, 0.5) is 0 Å². The number of aryl methyl sites for hydroxylation is 2. The molecule has 0 fully saturated rings. The van der Waals surface area contributed by atoms with Crippen LogP contribution in [0.1, 0.15) is 56.0 Å². The van der Waals surface area contributed by atoms with E-state index < -0.39 is 32.3 Å². The third-order valence-electron chi connectivity index (χ3n) is 5.51. The van der Waals surface area contributed by atoms with Gasteiger partial charge >= 0.3 is 0 Å². The van der Waals surface area contributed by atoms with Crippen molar-refractivity contribution in [3.05, 3.63) is 92.5 Å². The van der Waals surface area contributed by atoms with Gasteiger partial charge in [0.15, 0.2) is 0 Å². The highest BCUT2D eigenvalue weighted by atomic mass is 16.3. The van der Waals surface area contributed by atoms with Crippen molar-refractivity contribution in [3.8, 4) is 11.5 Å². The standard InChI is InChI=1S/C25H28O6/c1-14-3-15(2)5-16(4-14)23(17-6-19(10-26)24(30)20(7-17)11-27)18-8-21(12-28)25(31)22(9-18)13-29/h3-9,23,26-31H,10-13H2,1-2H3. The van der Waals surface area contributed by atoms with Crippen molar-refractivity contribution in [1.82, 2.24) is 0 Å². The van der Waals surface area contributed by atoms with Crippen molar-refractivity contribution in [2.45, 2.75) is 46.2 Å². The molecule has 0 atom stereocenters. The number of aliphatic hydroxyl groups excluding tert-OH is 4. The summed E-state index contributed by atoms with van der Waals surface area (Å²) in [5.74, 6) is -0.692. The van der Waals surface area contributed by atoms with Gasteiger partial charge in [-0.1, -0.05) is 29.3 Å². The molecule has 0 amide bonds. The zero-order chi connectivity index (χ0) is 22.7. The van der Waals surface area contributed by atoms with Crippen molar-refractivity contribution in [1.29, 1.82) is 0 Å². The Morgan fingerprint density at radius 3 is 1.10 bits per heavy atom. The van der Waals surface area contributed by atoms with Gasteiger partial charge in [-0.3, -0.25) is 0 Å². The summed E-state index contributed by atoms with van der Waals surface area (Å²) in [5.41, 5.74) is 5.62. The average molecular weight is 424 g/mol. The Hall–Kier alpha value is -2.90. The summed E-state index contributed by atoms with van der Waals surface area (Å²) in [7, 11) is 0. The number of hydrogen-bond donors (Lipinski definition) is 6. The lowest BCUT2D eigenvalue weighted by Gasteiger charge is -2.24. The maximum Gasteiger partial charge on any atom is 0.126 e. The van der Waals surface area contributed by atoms with Crippen LogP contribution >= 0.6 is 0 Å². The highest BCUT2D eigenvalue weighted by Crippen LogP contribution is 2.39. The Kier molecular flexibility index (Phi) is 6.97. The quantitative estimate of drug-likeness (QED) is 0.325. The summed E-state index contributed by atoms with van der Waals surface area (Å²) in [5, 5.41) is 59.5. The first-order chi connectivity index (χ1) is 14.8. The predicted molar refractivity (Wildman–Crippen MR) is 117 cm³/mol. The fourth-order valence-corrected chi connectivity index (χ4v) is 4.14. The number of phenols is 2. The molecule has 31 heavy (non-hydrogen) atoms. The molecular formula is C25H28O6. The lowest BCUT2D eigenvalue weighted by molar-refractivity contribution is 0.263. The van der Waals surface area contributed by atoms with Crippen LogP contribution < -0.4 is 0 Å². The monoisotopic (exact) mass is 424 g/mol. The minimum absolute atomic E-state index is 0.147. The van der Waals surface area contributed by atoms with Crippen LogP contribution in [-0.2, 0) is 26.4 Å². The maximum atomic E-state index is 10.3. The molecule has 164 valence electrons. The van der Waals surface area contributed by atoms with Gasteiger partial charge < -0.3 is 30.6 Å². The molecule has 0 unspecified atom stereocenters. The molecule has 0 bridgehead atoms. The first-order valence-corrected chi connectivity index (χ1v) is 10.0. The van der Waals surface area contributed by atoms with E-state index in [0.29, 0.717) is 22.3 Å². The first-order valence-electron chi connectivity index (χ1n) is 10.0. The number of aliphatic hydroxyl groups is 4. The topological polar surface area (TPSA) is 121 Å². The molecular weight excluding hydrogens is 396 g/mol. The van der Waals surface area contributed by atoms with Crippen molar-refractivity contribution >= 4 is 0 Å². The number of aromatic hydroxyl groups is 2. The third kappa shape index (κ3) is 4.57. The molecule has 0 aromatic heterocycles. The molecule has 6 nitrogen and oxygen atoms in total. The van der Waals surface area contributed by atoms with Gasteiger partial charge in [-0.15, -0.1) is 0 Å². The van der Waals surface area contributed by atoms with Gasteiger partial charge in [-0.2, -0.15) is 0 Å². The van der Waals surface area contributed by atoms with Crippen molar-refractivity contribution in [3.63, 3.8) is 0 Å². The molecule has 0 spiro atoms. The third-order valence-corrected chi connectivity index (χ3v) is 5.51. The summed E-state index contributed by atoms with van der Waals surface area (Å²) in [6.07, 6.45) is 0. The highest BCUT2D eigenvalue weighted by Gasteiger charge is 2.23. The van der Waals surface area contributed by atoms with Gasteiger partial charge in [0.05, 0.1) is 26.4 Å². The Morgan fingerprint density at radius 2 is 0.806 bits per heavy atom. The summed E-state index contributed by atoms with van der Waals surface area (Å²) in [6.45, 7) is 2.38. The maximum absolute atomic E-state index is 10.3. The van der Waals surface area contributed by atoms with Crippen LogP contribution in [0, 0.1) is 13.8 Å². The summed E-state index contributed by atoms with van der Waals surface area (Å²) in [4.78, 5) is 0. The average Bonchev–Trinajstić information content (AvgIpc) is 2.74. The van der Waals surface area contributed by atoms with Gasteiger partial charge in [0, 0.05) is 28.2 Å². The SMILES string of the molecule is Cc1cc(C)cc(C(c2cc(CO)c(O)c(CO)c2)c2cc(CO)c(O)c(CO)c2)c1. The molecule has 6 N–H and O–H groups in total. The lowest BCUT2D eigenvalue weighted by Crippen LogP contribution is -2.08. The first kappa shape index (κ1) is 22.8. The van der Waals surface area contributed by atoms with Crippen LogP contribution in [0.5, 0.6) is 11.5 Å². The van der Waals surface area contributed by atoms with E-state index in [9.17, 15) is 30.6 Å². The Balaban J connectivity index is 2.35. The zero-order valence-corrected chi connectivity index (χ0v) is 17.6. The van der Waals surface area contributed by atoms with E-state index in [1.807, 2.05) is 32.0 Å². The molecule has 6 heteroatoms. The number of benzene rings is 3. The number of rotatable bonds is 7. The molecule has 0 saturated carbocycles. The van der Waals surface area contributed by atoms with E-state index in [0.717, 1.165) is 27.8 Å². The van der Waals surface area contributed by atoms with E-state index in [-0.39, 0.29) is 11.5 Å². The molecule has 0 aliphatic rings. The van der Waals surface area contributed by atoms with Crippen LogP contribution in [-0.4, -0.2) is 30.6 Å². The summed E-state index contributed by atoms with van der Waals surface area (Å²) >= 11 is 0. The van der Waals surface area contributed by atoms with Gasteiger partial charge in [-0.05, 0) is 54.8 Å². The molecule has 0 saturated heterocycles. The predicted octanol–water partition coefficient (Wildman–Crippen LogP) is 2.86. The van der Waals surface area contributed by atoms with Crippen LogP contribution in [0.2, 0.25) is 0 Å². The van der Waals surface area contributed by atoms with Gasteiger partial charge in [0.2, 0.25) is 0 Å². The Labute approximate surface area is 181 Å². The van der Waals surface area contributed by atoms with E-state index in [1.165, 1.54) is 0 Å². The van der Waals surface area contributed by atoms with E-state index in [1.54, 1.807) is 24.3 Å². The fraction of sp³-hybridized carbons (Fsp3) is 0.280. The van der Waals surface area contributed by atoms with Crippen molar-refractivity contribution in [2.24, 2.45) is 0 Å². The van der Waals surface area contributed by atoms with Crippen LogP contribution in [0.3, 0.4) is 0 Å². The minimum atomic E-state index is -0.397. The van der Waals surface area contributed by atoms with Crippen LogP contribution in [0.25, 0.3) is 0 Å². The molecule has 3 rings (SSSR count). The van der Waals surface area contributed by atoms with Gasteiger partial charge in [0.25, 0.3) is 0 Å². The second-order valence-corrected chi connectivity index (χ2v) is 7.86. The van der Waals surface area contributed by atoms with E-state index in [2.05, 4.69) is 0 Å². The Bertz CT molecular complexity index is 958. The van der Waals surface area contributed by atoms with Crippen LogP contribution in [0.15, 0.2) is 42.5 Å². The lowest BCUT2D eigenvalue weighted by atomic mass is 9.81. The molecule has 3 aromatic carbocycles. The highest BCUT2D eigenvalue weighted by molar-refractivity contribution is 5.54. The molecule has 0 aliphatic heterocycles. The zero-order valence-electron chi connectivity index (χ0n) is 17.6. The smallest absolute Gasteiger partial charge is 0.126 e. The van der Waals surface area contributed by atoms with Gasteiger partial charge in [0.1, 0.15) is 11.5 Å². The molecule has 0 radical (unpaired) electrons. The van der Waals surface area contributed by atoms with Crippen molar-refractivity contribution < 1.29 is 30.6 Å². The molecule has 0 aliphatic carbocycles. The summed E-state index contributed by atoms with van der Waals surface area (Å²) in [6, 6.07) is 12.8. The molecule has 0 heterocycles. The van der Waals surface area contributed by atoms with Crippen molar-refractivity contribution in [2.75, 3.05) is 0 Å². The summed E-state index contributed by atoms with van der Waals surface area (Å²) < 4.78 is 0. The van der Waals surface area contributed by atoms with Gasteiger partial charge in [-0.25, -0.2) is 0 Å². The number of hydrogen-bond acceptors (Lipinski definition) is 6. The second kappa shape index (κ2) is 9.49. The Morgan fingerprint density at radius 1 is 0.516 bits per heavy atom. The second-order valence-electron chi connectivity index (χ2n) is 7.86. The molecule has 3 aromatic rings. The van der Waals surface area contributed by atoms with E-state index in [4.69, 9.17) is 0 Å². The largest absolute Gasteiger partial charge is 0.507 e. The van der Waals surface area contributed by atoms with E-state index >= 15 is 0 Å². The minimum Gasteiger partial charge on any atom is -0.507 e. The normalized spacial score (nSPS) is 11.3. The fourth-order valence-electron chi connectivity index (χ4n) is 4.14.